The molecule has 0 aliphatic carbocycles. The van der Waals surface area contributed by atoms with Crippen molar-refractivity contribution in [1.29, 1.82) is 0 Å². The summed E-state index contributed by atoms with van der Waals surface area (Å²) in [7, 11) is 3.54. The molecular formula is C17H16FN7O. The molecule has 3 aromatic heterocycles. The van der Waals surface area contributed by atoms with Crippen molar-refractivity contribution >= 4 is 17.1 Å². The molecule has 0 saturated carbocycles. The average molecular weight is 353 g/mol. The van der Waals surface area contributed by atoms with Gasteiger partial charge in [-0.05, 0) is 17.7 Å². The molecule has 4 rings (SSSR count). The van der Waals surface area contributed by atoms with Gasteiger partial charge in [-0.3, -0.25) is 14.5 Å². The van der Waals surface area contributed by atoms with Gasteiger partial charge in [-0.15, -0.1) is 0 Å². The molecule has 1 unspecified atom stereocenters. The number of fused-ring (bicyclic) bond motifs is 1. The van der Waals surface area contributed by atoms with Crippen LogP contribution in [0, 0.1) is 5.82 Å². The first-order valence-electron chi connectivity index (χ1n) is 7.93. The van der Waals surface area contributed by atoms with E-state index >= 15 is 0 Å². The molecule has 3 heterocycles. The van der Waals surface area contributed by atoms with Crippen LogP contribution in [0.25, 0.3) is 11.2 Å². The highest BCUT2D eigenvalue weighted by atomic mass is 19.1. The number of benzene rings is 1. The van der Waals surface area contributed by atoms with Gasteiger partial charge in [-0.25, -0.2) is 9.37 Å². The minimum Gasteiger partial charge on any atom is -0.345 e. The Labute approximate surface area is 147 Å². The summed E-state index contributed by atoms with van der Waals surface area (Å²) in [6.45, 7) is 0. The monoisotopic (exact) mass is 353 g/mol. The quantitative estimate of drug-likeness (QED) is 0.583. The van der Waals surface area contributed by atoms with Crippen LogP contribution in [0.1, 0.15) is 17.2 Å². The number of nitrogens with one attached hydrogen (secondary N) is 2. The van der Waals surface area contributed by atoms with Gasteiger partial charge in [0.1, 0.15) is 5.82 Å². The molecule has 1 atom stereocenters. The van der Waals surface area contributed by atoms with E-state index in [1.54, 1.807) is 34.6 Å². The van der Waals surface area contributed by atoms with Crippen LogP contribution in [-0.4, -0.2) is 29.3 Å². The second-order valence-electron chi connectivity index (χ2n) is 6.02. The third-order valence-electron chi connectivity index (χ3n) is 4.13. The Morgan fingerprint density at radius 1 is 1.19 bits per heavy atom. The molecule has 1 aromatic carbocycles. The maximum Gasteiger partial charge on any atom is 0.278 e. The topological polar surface area (TPSA) is 93.4 Å². The minimum atomic E-state index is -0.367. The molecule has 2 N–H and O–H groups in total. The molecule has 0 aliphatic rings. The number of rotatable bonds is 4. The highest BCUT2D eigenvalue weighted by Gasteiger charge is 2.18. The Bertz CT molecular complexity index is 1130. The standard InChI is InChI=1S/C17H16FN7O/c1-24-9-19-15-14(24)16(26)23-17(22-15)21-13(11-7-20-25(2)8-11)10-3-5-12(18)6-4-10/h3-9,13H,1-2H3,(H2,21,22,23,26). The molecule has 0 amide bonds. The smallest absolute Gasteiger partial charge is 0.278 e. The number of H-pyrrole nitrogens is 1. The molecule has 0 radical (unpaired) electrons. The molecule has 0 aliphatic heterocycles. The maximum absolute atomic E-state index is 13.3. The Morgan fingerprint density at radius 2 is 1.96 bits per heavy atom. The van der Waals surface area contributed by atoms with E-state index in [1.807, 2.05) is 13.2 Å². The van der Waals surface area contributed by atoms with Gasteiger partial charge in [-0.1, -0.05) is 12.1 Å². The molecule has 132 valence electrons. The first-order valence-corrected chi connectivity index (χ1v) is 7.93. The Hall–Kier alpha value is -3.49. The number of anilines is 1. The van der Waals surface area contributed by atoms with E-state index in [0.717, 1.165) is 11.1 Å². The van der Waals surface area contributed by atoms with E-state index in [0.29, 0.717) is 11.2 Å². The van der Waals surface area contributed by atoms with Crippen molar-refractivity contribution in [3.8, 4) is 0 Å². The highest BCUT2D eigenvalue weighted by Crippen LogP contribution is 2.25. The van der Waals surface area contributed by atoms with Crippen LogP contribution >= 0.6 is 0 Å². The van der Waals surface area contributed by atoms with Gasteiger partial charge in [0.05, 0.1) is 18.6 Å². The number of aromatic nitrogens is 6. The summed E-state index contributed by atoms with van der Waals surface area (Å²) < 4.78 is 16.6. The summed E-state index contributed by atoms with van der Waals surface area (Å²) in [5, 5.41) is 7.38. The fourth-order valence-electron chi connectivity index (χ4n) is 2.87. The van der Waals surface area contributed by atoms with Crippen molar-refractivity contribution in [2.45, 2.75) is 6.04 Å². The number of halogens is 1. The molecule has 0 bridgehead atoms. The number of aryl methyl sites for hydroxylation is 2. The van der Waals surface area contributed by atoms with Crippen LogP contribution in [-0.2, 0) is 14.1 Å². The summed E-state index contributed by atoms with van der Waals surface area (Å²) in [6.07, 6.45) is 5.09. The lowest BCUT2D eigenvalue weighted by Gasteiger charge is -2.18. The fraction of sp³-hybridized carbons (Fsp3) is 0.176. The molecule has 26 heavy (non-hydrogen) atoms. The van der Waals surface area contributed by atoms with Gasteiger partial charge in [0.2, 0.25) is 5.95 Å². The number of nitrogens with zero attached hydrogens (tertiary/aromatic N) is 5. The highest BCUT2D eigenvalue weighted by molar-refractivity contribution is 5.70. The SMILES string of the molecule is Cn1cc(C(Nc2nc3ncn(C)c3c(=O)[nH]2)c2ccc(F)cc2)cn1. The molecular weight excluding hydrogens is 337 g/mol. The zero-order valence-electron chi connectivity index (χ0n) is 14.1. The third-order valence-corrected chi connectivity index (χ3v) is 4.13. The molecule has 0 spiro atoms. The molecule has 9 heteroatoms. The van der Waals surface area contributed by atoms with E-state index in [2.05, 4.69) is 25.4 Å². The zero-order valence-corrected chi connectivity index (χ0v) is 14.1. The van der Waals surface area contributed by atoms with Crippen LogP contribution < -0.4 is 10.9 Å². The Morgan fingerprint density at radius 3 is 2.65 bits per heavy atom. The van der Waals surface area contributed by atoms with E-state index in [1.165, 1.54) is 18.5 Å². The van der Waals surface area contributed by atoms with E-state index in [9.17, 15) is 9.18 Å². The normalized spacial score (nSPS) is 12.4. The van der Waals surface area contributed by atoms with Crippen molar-refractivity contribution in [3.05, 3.63) is 70.3 Å². The van der Waals surface area contributed by atoms with Crippen molar-refractivity contribution in [3.63, 3.8) is 0 Å². The van der Waals surface area contributed by atoms with Crippen LogP contribution in [0.2, 0.25) is 0 Å². The first kappa shape index (κ1) is 16.0. The predicted octanol–water partition coefficient (Wildman–Crippen LogP) is 1.73. The van der Waals surface area contributed by atoms with Crippen molar-refractivity contribution in [2.24, 2.45) is 14.1 Å². The third kappa shape index (κ3) is 2.83. The Kier molecular flexibility index (Phi) is 3.76. The summed E-state index contributed by atoms with van der Waals surface area (Å²) in [6, 6.07) is 5.76. The van der Waals surface area contributed by atoms with Gasteiger partial charge in [0.25, 0.3) is 5.56 Å². The summed E-state index contributed by atoms with van der Waals surface area (Å²) in [5.41, 5.74) is 2.12. The number of hydrogen-bond acceptors (Lipinski definition) is 5. The fourth-order valence-corrected chi connectivity index (χ4v) is 2.87. The van der Waals surface area contributed by atoms with Crippen LogP contribution in [0.15, 0.2) is 47.8 Å². The second kappa shape index (κ2) is 6.10. The van der Waals surface area contributed by atoms with Gasteiger partial charge >= 0.3 is 0 Å². The lowest BCUT2D eigenvalue weighted by atomic mass is 10.0. The predicted molar refractivity (Wildman–Crippen MR) is 94.2 cm³/mol. The maximum atomic E-state index is 13.3. The minimum absolute atomic E-state index is 0.277. The van der Waals surface area contributed by atoms with E-state index in [-0.39, 0.29) is 23.4 Å². The van der Waals surface area contributed by atoms with Crippen LogP contribution in [0.4, 0.5) is 10.3 Å². The van der Waals surface area contributed by atoms with Crippen LogP contribution in [0.5, 0.6) is 0 Å². The molecule has 8 nitrogen and oxygen atoms in total. The average Bonchev–Trinajstić information content (AvgIpc) is 3.20. The number of aromatic amines is 1. The van der Waals surface area contributed by atoms with Crippen molar-refractivity contribution < 1.29 is 4.39 Å². The first-order chi connectivity index (χ1) is 12.5. The molecule has 0 saturated heterocycles. The van der Waals surface area contributed by atoms with Crippen molar-refractivity contribution in [2.75, 3.05) is 5.32 Å². The molecule has 4 aromatic rings. The summed E-state index contributed by atoms with van der Waals surface area (Å²) in [4.78, 5) is 23.6. The van der Waals surface area contributed by atoms with Gasteiger partial charge < -0.3 is 9.88 Å². The second-order valence-corrected chi connectivity index (χ2v) is 6.02. The van der Waals surface area contributed by atoms with Gasteiger partial charge in [0, 0.05) is 25.9 Å². The zero-order chi connectivity index (χ0) is 18.3. The van der Waals surface area contributed by atoms with E-state index in [4.69, 9.17) is 0 Å². The Balaban J connectivity index is 1.77. The van der Waals surface area contributed by atoms with Gasteiger partial charge in [-0.2, -0.15) is 10.1 Å². The largest absolute Gasteiger partial charge is 0.345 e. The van der Waals surface area contributed by atoms with Gasteiger partial charge in [0.15, 0.2) is 11.2 Å². The summed E-state index contributed by atoms with van der Waals surface area (Å²) >= 11 is 0. The van der Waals surface area contributed by atoms with E-state index < -0.39 is 0 Å². The summed E-state index contributed by atoms with van der Waals surface area (Å²) in [5.74, 6) is -0.0421. The number of hydrogen-bond donors (Lipinski definition) is 2. The lowest BCUT2D eigenvalue weighted by molar-refractivity contribution is 0.626. The number of imidazole rings is 1. The van der Waals surface area contributed by atoms with Crippen molar-refractivity contribution in [1.82, 2.24) is 29.3 Å². The lowest BCUT2D eigenvalue weighted by Crippen LogP contribution is -2.19. The molecule has 0 fully saturated rings. The van der Waals surface area contributed by atoms with Crippen LogP contribution in [0.3, 0.4) is 0 Å².